The van der Waals surface area contributed by atoms with E-state index in [2.05, 4.69) is 10.3 Å². The Kier molecular flexibility index (Phi) is 5.90. The molecule has 0 saturated carbocycles. The van der Waals surface area contributed by atoms with Crippen LogP contribution in [-0.2, 0) is 20.2 Å². The summed E-state index contributed by atoms with van der Waals surface area (Å²) in [6.07, 6.45) is 1.56. The molecule has 1 N–H and O–H groups in total. The molecule has 1 aromatic carbocycles. The number of anilines is 1. The van der Waals surface area contributed by atoms with E-state index in [1.165, 1.54) is 21.7 Å². The smallest absolute Gasteiger partial charge is 0.267 e. The molecule has 0 radical (unpaired) electrons. The molecule has 1 aliphatic rings. The highest BCUT2D eigenvalue weighted by Crippen LogP contribution is 2.28. The van der Waals surface area contributed by atoms with E-state index in [0.29, 0.717) is 42.4 Å². The minimum Gasteiger partial charge on any atom is -0.379 e. The first-order valence-electron chi connectivity index (χ1n) is 9.05. The number of hydrogen-bond donors (Lipinski definition) is 1. The average molecular weight is 424 g/mol. The third-order valence-electron chi connectivity index (χ3n) is 4.40. The van der Waals surface area contributed by atoms with Crippen LogP contribution in [0.2, 0.25) is 0 Å². The van der Waals surface area contributed by atoms with E-state index in [1.54, 1.807) is 25.3 Å². The predicted octanol–water partition coefficient (Wildman–Crippen LogP) is 3.02. The third kappa shape index (κ3) is 4.43. The van der Waals surface area contributed by atoms with Crippen LogP contribution in [0.4, 0.5) is 5.69 Å². The van der Waals surface area contributed by atoms with Crippen molar-refractivity contribution >= 4 is 33.0 Å². The fourth-order valence-electron chi connectivity index (χ4n) is 2.80. The van der Waals surface area contributed by atoms with Crippen molar-refractivity contribution in [2.24, 2.45) is 0 Å². The standard InChI is InChI=1S/C19H25N3O4S2/c1-13-5-6-14(11-16(13)28(24,25)22-7-9-26-10-8-22)21-17(23)15-12-20-18(27-15)19(2,3)4/h5-6,11-12H,7-10H2,1-4H3,(H,21,23). The second kappa shape index (κ2) is 7.90. The maximum atomic E-state index is 13.0. The number of carbonyl (C=O) groups is 1. The number of benzene rings is 1. The van der Waals surface area contributed by atoms with Gasteiger partial charge in [0, 0.05) is 24.2 Å². The molecule has 2 heterocycles. The van der Waals surface area contributed by atoms with Crippen LogP contribution in [0.5, 0.6) is 0 Å². The summed E-state index contributed by atoms with van der Waals surface area (Å²) >= 11 is 1.34. The Labute approximate surface area is 169 Å². The Hall–Kier alpha value is -1.81. The number of hydrogen-bond acceptors (Lipinski definition) is 6. The molecule has 7 nitrogen and oxygen atoms in total. The maximum absolute atomic E-state index is 13.0. The Bertz CT molecular complexity index is 971. The number of rotatable bonds is 4. The second-order valence-corrected chi connectivity index (χ2v) is 10.7. The minimum atomic E-state index is -3.64. The summed E-state index contributed by atoms with van der Waals surface area (Å²) in [6, 6.07) is 4.93. The molecule has 28 heavy (non-hydrogen) atoms. The zero-order chi connectivity index (χ0) is 20.5. The molecule has 0 spiro atoms. The fourth-order valence-corrected chi connectivity index (χ4v) is 5.33. The van der Waals surface area contributed by atoms with E-state index >= 15 is 0 Å². The molecule has 0 bridgehead atoms. The molecule has 2 aromatic rings. The molecule has 152 valence electrons. The van der Waals surface area contributed by atoms with Crippen LogP contribution in [0.1, 0.15) is 41.0 Å². The van der Waals surface area contributed by atoms with Crippen molar-refractivity contribution in [2.75, 3.05) is 31.6 Å². The summed E-state index contributed by atoms with van der Waals surface area (Å²) in [6.45, 7) is 9.29. The van der Waals surface area contributed by atoms with Gasteiger partial charge in [-0.3, -0.25) is 4.79 Å². The number of sulfonamides is 1. The summed E-state index contributed by atoms with van der Waals surface area (Å²) in [4.78, 5) is 17.6. The van der Waals surface area contributed by atoms with Crippen LogP contribution >= 0.6 is 11.3 Å². The zero-order valence-electron chi connectivity index (χ0n) is 16.5. The lowest BCUT2D eigenvalue weighted by Gasteiger charge is -2.26. The van der Waals surface area contributed by atoms with Gasteiger partial charge in [0.2, 0.25) is 10.0 Å². The van der Waals surface area contributed by atoms with Crippen LogP contribution in [0, 0.1) is 6.92 Å². The topological polar surface area (TPSA) is 88.6 Å². The van der Waals surface area contributed by atoms with Gasteiger partial charge < -0.3 is 10.1 Å². The van der Waals surface area contributed by atoms with Gasteiger partial charge in [0.1, 0.15) is 4.88 Å². The lowest BCUT2D eigenvalue weighted by Crippen LogP contribution is -2.40. The van der Waals surface area contributed by atoms with Crippen molar-refractivity contribution in [1.82, 2.24) is 9.29 Å². The largest absolute Gasteiger partial charge is 0.379 e. The number of aryl methyl sites for hydroxylation is 1. The van der Waals surface area contributed by atoms with Crippen LogP contribution in [0.3, 0.4) is 0 Å². The minimum absolute atomic E-state index is 0.132. The van der Waals surface area contributed by atoms with Crippen LogP contribution in [0.15, 0.2) is 29.3 Å². The van der Waals surface area contributed by atoms with Gasteiger partial charge in [-0.2, -0.15) is 4.31 Å². The normalized spacial score (nSPS) is 16.1. The Balaban J connectivity index is 1.83. The van der Waals surface area contributed by atoms with Crippen molar-refractivity contribution in [3.8, 4) is 0 Å². The van der Waals surface area contributed by atoms with Crippen LogP contribution in [0.25, 0.3) is 0 Å². The van der Waals surface area contributed by atoms with Crippen molar-refractivity contribution in [3.63, 3.8) is 0 Å². The van der Waals surface area contributed by atoms with Crippen molar-refractivity contribution in [2.45, 2.75) is 38.0 Å². The first kappa shape index (κ1) is 20.9. The molecule has 0 unspecified atom stereocenters. The lowest BCUT2D eigenvalue weighted by molar-refractivity contribution is 0.0730. The van der Waals surface area contributed by atoms with Gasteiger partial charge in [-0.1, -0.05) is 26.8 Å². The molecule has 0 aliphatic carbocycles. The van der Waals surface area contributed by atoms with Crippen molar-refractivity contribution in [3.05, 3.63) is 39.8 Å². The van der Waals surface area contributed by atoms with Gasteiger partial charge in [0.25, 0.3) is 5.91 Å². The summed E-state index contributed by atoms with van der Waals surface area (Å²) in [5.74, 6) is -0.299. The molecule has 1 aromatic heterocycles. The van der Waals surface area contributed by atoms with Gasteiger partial charge in [0.05, 0.1) is 29.3 Å². The molecule has 1 amide bonds. The number of ether oxygens (including phenoxy) is 1. The monoisotopic (exact) mass is 423 g/mol. The number of nitrogens with zero attached hydrogens (tertiary/aromatic N) is 2. The maximum Gasteiger partial charge on any atom is 0.267 e. The highest BCUT2D eigenvalue weighted by atomic mass is 32.2. The molecule has 1 fully saturated rings. The van der Waals surface area contributed by atoms with Gasteiger partial charge in [-0.05, 0) is 24.6 Å². The summed E-state index contributed by atoms with van der Waals surface area (Å²) < 4.78 is 32.6. The molecular weight excluding hydrogens is 398 g/mol. The van der Waals surface area contributed by atoms with E-state index in [9.17, 15) is 13.2 Å². The number of aromatic nitrogens is 1. The highest BCUT2D eigenvalue weighted by molar-refractivity contribution is 7.89. The number of nitrogens with one attached hydrogen (secondary N) is 1. The molecule has 9 heteroatoms. The number of thiazole rings is 1. The predicted molar refractivity (Wildman–Crippen MR) is 110 cm³/mol. The first-order valence-corrected chi connectivity index (χ1v) is 11.3. The Morgan fingerprint density at radius 2 is 1.93 bits per heavy atom. The zero-order valence-corrected chi connectivity index (χ0v) is 18.1. The first-order chi connectivity index (χ1) is 13.1. The van der Waals surface area contributed by atoms with Crippen LogP contribution < -0.4 is 5.32 Å². The summed E-state index contributed by atoms with van der Waals surface area (Å²) in [5.41, 5.74) is 0.942. The lowest BCUT2D eigenvalue weighted by atomic mass is 9.98. The second-order valence-electron chi connectivity index (χ2n) is 7.73. The number of amides is 1. The number of carbonyl (C=O) groups excluding carboxylic acids is 1. The Morgan fingerprint density at radius 1 is 1.25 bits per heavy atom. The fraction of sp³-hybridized carbons (Fsp3) is 0.474. The summed E-state index contributed by atoms with van der Waals surface area (Å²) in [7, 11) is -3.64. The van der Waals surface area contributed by atoms with Gasteiger partial charge in [-0.25, -0.2) is 13.4 Å². The van der Waals surface area contributed by atoms with E-state index < -0.39 is 10.0 Å². The molecule has 3 rings (SSSR count). The number of morpholine rings is 1. The molecule has 1 aliphatic heterocycles. The highest BCUT2D eigenvalue weighted by Gasteiger charge is 2.28. The third-order valence-corrected chi connectivity index (χ3v) is 7.87. The van der Waals surface area contributed by atoms with Crippen LogP contribution in [-0.4, -0.2) is 49.9 Å². The van der Waals surface area contributed by atoms with Gasteiger partial charge in [0.15, 0.2) is 0 Å². The van der Waals surface area contributed by atoms with Crippen molar-refractivity contribution < 1.29 is 17.9 Å². The Morgan fingerprint density at radius 3 is 2.54 bits per heavy atom. The quantitative estimate of drug-likeness (QED) is 0.817. The molecular formula is C19H25N3O4S2. The van der Waals surface area contributed by atoms with E-state index in [4.69, 9.17) is 4.74 Å². The summed E-state index contributed by atoms with van der Waals surface area (Å²) in [5, 5.41) is 3.66. The van der Waals surface area contributed by atoms with Gasteiger partial charge in [-0.15, -0.1) is 11.3 Å². The van der Waals surface area contributed by atoms with E-state index in [1.807, 2.05) is 20.8 Å². The average Bonchev–Trinajstić information content (AvgIpc) is 3.15. The van der Waals surface area contributed by atoms with E-state index in [-0.39, 0.29) is 16.2 Å². The molecule has 0 atom stereocenters. The SMILES string of the molecule is Cc1ccc(NC(=O)c2cnc(C(C)(C)C)s2)cc1S(=O)(=O)N1CCOCC1. The molecule has 1 saturated heterocycles. The van der Waals surface area contributed by atoms with Gasteiger partial charge >= 0.3 is 0 Å². The van der Waals surface area contributed by atoms with Crippen molar-refractivity contribution in [1.29, 1.82) is 0 Å². The van der Waals surface area contributed by atoms with E-state index in [0.717, 1.165) is 5.01 Å².